The molecular formula is C11H11ClN4O2. The van der Waals surface area contributed by atoms with Crippen LogP contribution in [0.1, 0.15) is 0 Å². The molecule has 0 bridgehead atoms. The molecule has 1 aromatic carbocycles. The van der Waals surface area contributed by atoms with Crippen LogP contribution in [0.3, 0.4) is 0 Å². The standard InChI is InChI=1S/C11H11ClN4O2/c1-15-10(17)8(13)9(14)16(11(15)18)7-5-3-2-4-6(7)12/h2-5H,13-14H2,1H3. The van der Waals surface area contributed by atoms with Crippen molar-refractivity contribution in [3.8, 4) is 5.69 Å². The van der Waals surface area contributed by atoms with Crippen LogP contribution in [0.2, 0.25) is 5.02 Å². The van der Waals surface area contributed by atoms with Crippen LogP contribution in [0, 0.1) is 0 Å². The lowest BCUT2D eigenvalue weighted by atomic mass is 10.3. The number of nitrogen functional groups attached to an aromatic ring is 2. The van der Waals surface area contributed by atoms with Gasteiger partial charge in [-0.15, -0.1) is 0 Å². The molecule has 0 spiro atoms. The molecule has 1 heterocycles. The summed E-state index contributed by atoms with van der Waals surface area (Å²) in [5.41, 5.74) is 10.3. The number of aromatic nitrogens is 2. The number of hydrogen-bond donors (Lipinski definition) is 2. The first kappa shape index (κ1) is 12.3. The van der Waals surface area contributed by atoms with E-state index < -0.39 is 11.2 Å². The maximum Gasteiger partial charge on any atom is 0.337 e. The van der Waals surface area contributed by atoms with Crippen LogP contribution in [0.4, 0.5) is 11.5 Å². The molecule has 0 atom stereocenters. The van der Waals surface area contributed by atoms with Gasteiger partial charge in [-0.3, -0.25) is 9.36 Å². The molecule has 0 fully saturated rings. The fourth-order valence-electron chi connectivity index (χ4n) is 1.62. The lowest BCUT2D eigenvalue weighted by Crippen LogP contribution is -2.40. The molecule has 0 aliphatic carbocycles. The molecule has 2 aromatic rings. The summed E-state index contributed by atoms with van der Waals surface area (Å²) in [5, 5.41) is 0.337. The average Bonchev–Trinajstić information content (AvgIpc) is 2.36. The topological polar surface area (TPSA) is 96.0 Å². The second-order valence-electron chi connectivity index (χ2n) is 3.73. The van der Waals surface area contributed by atoms with E-state index in [2.05, 4.69) is 0 Å². The molecule has 0 saturated heterocycles. The quantitative estimate of drug-likeness (QED) is 0.779. The van der Waals surface area contributed by atoms with E-state index in [1.807, 2.05) is 0 Å². The summed E-state index contributed by atoms with van der Waals surface area (Å²) in [4.78, 5) is 23.6. The van der Waals surface area contributed by atoms with Crippen molar-refractivity contribution >= 4 is 23.1 Å². The molecular weight excluding hydrogens is 256 g/mol. The van der Waals surface area contributed by atoms with E-state index in [4.69, 9.17) is 23.1 Å². The largest absolute Gasteiger partial charge is 0.391 e. The lowest BCUT2D eigenvalue weighted by Gasteiger charge is -2.13. The lowest BCUT2D eigenvalue weighted by molar-refractivity contribution is 0.739. The summed E-state index contributed by atoms with van der Waals surface area (Å²) in [6.07, 6.45) is 0. The molecule has 18 heavy (non-hydrogen) atoms. The number of nitrogens with zero attached hydrogens (tertiary/aromatic N) is 2. The Morgan fingerprint density at radius 3 is 2.39 bits per heavy atom. The summed E-state index contributed by atoms with van der Waals surface area (Å²) >= 11 is 6.00. The number of hydrogen-bond acceptors (Lipinski definition) is 4. The zero-order valence-electron chi connectivity index (χ0n) is 9.55. The summed E-state index contributed by atoms with van der Waals surface area (Å²) < 4.78 is 1.99. The van der Waals surface area contributed by atoms with Gasteiger partial charge in [0.1, 0.15) is 11.5 Å². The van der Waals surface area contributed by atoms with E-state index >= 15 is 0 Å². The van der Waals surface area contributed by atoms with Crippen molar-refractivity contribution in [2.75, 3.05) is 11.5 Å². The van der Waals surface area contributed by atoms with Gasteiger partial charge in [-0.05, 0) is 12.1 Å². The third kappa shape index (κ3) is 1.67. The first-order chi connectivity index (χ1) is 8.45. The minimum atomic E-state index is -0.624. The second kappa shape index (κ2) is 4.23. The Kier molecular flexibility index (Phi) is 2.88. The Hall–Kier alpha value is -2.21. The Morgan fingerprint density at radius 1 is 1.17 bits per heavy atom. The summed E-state index contributed by atoms with van der Waals surface area (Å²) in [7, 11) is 1.33. The zero-order valence-corrected chi connectivity index (χ0v) is 10.3. The molecule has 4 N–H and O–H groups in total. The van der Waals surface area contributed by atoms with Crippen LogP contribution in [0.15, 0.2) is 33.9 Å². The highest BCUT2D eigenvalue weighted by Gasteiger charge is 2.15. The van der Waals surface area contributed by atoms with Crippen LogP contribution >= 0.6 is 11.6 Å². The molecule has 6 nitrogen and oxygen atoms in total. The van der Waals surface area contributed by atoms with Crippen LogP contribution in [-0.2, 0) is 7.05 Å². The fourth-order valence-corrected chi connectivity index (χ4v) is 1.84. The van der Waals surface area contributed by atoms with Gasteiger partial charge in [0.25, 0.3) is 5.56 Å². The number of para-hydroxylation sites is 1. The number of halogens is 1. The molecule has 0 amide bonds. The van der Waals surface area contributed by atoms with Crippen LogP contribution in [0.5, 0.6) is 0 Å². The highest BCUT2D eigenvalue weighted by molar-refractivity contribution is 6.32. The van der Waals surface area contributed by atoms with Gasteiger partial charge in [0.05, 0.1) is 10.7 Å². The highest BCUT2D eigenvalue weighted by atomic mass is 35.5. The van der Waals surface area contributed by atoms with Crippen LogP contribution in [-0.4, -0.2) is 9.13 Å². The molecule has 0 saturated carbocycles. The predicted octanol–water partition coefficient (Wildman–Crippen LogP) is 0.354. The van der Waals surface area contributed by atoms with Gasteiger partial charge in [-0.2, -0.15) is 0 Å². The summed E-state index contributed by atoms with van der Waals surface area (Å²) in [6, 6.07) is 6.65. The van der Waals surface area contributed by atoms with E-state index in [1.54, 1.807) is 24.3 Å². The Morgan fingerprint density at radius 2 is 1.78 bits per heavy atom. The molecule has 0 radical (unpaired) electrons. The van der Waals surface area contributed by atoms with Crippen molar-refractivity contribution in [3.63, 3.8) is 0 Å². The molecule has 0 aliphatic heterocycles. The van der Waals surface area contributed by atoms with Gasteiger partial charge < -0.3 is 11.5 Å². The van der Waals surface area contributed by atoms with Crippen LogP contribution in [0.25, 0.3) is 5.69 Å². The van der Waals surface area contributed by atoms with E-state index in [-0.39, 0.29) is 11.5 Å². The van der Waals surface area contributed by atoms with E-state index in [0.29, 0.717) is 10.7 Å². The Balaban J connectivity index is 2.94. The average molecular weight is 267 g/mol. The SMILES string of the molecule is Cn1c(=O)c(N)c(N)n(-c2ccccc2Cl)c1=O. The molecule has 1 aromatic heterocycles. The predicted molar refractivity (Wildman–Crippen MR) is 71.1 cm³/mol. The Bertz CT molecular complexity index is 733. The van der Waals surface area contributed by atoms with Crippen molar-refractivity contribution in [1.82, 2.24) is 9.13 Å². The zero-order chi connectivity index (χ0) is 13.4. The number of benzene rings is 1. The first-order valence-corrected chi connectivity index (χ1v) is 5.45. The molecule has 7 heteroatoms. The van der Waals surface area contributed by atoms with E-state index in [0.717, 1.165) is 9.13 Å². The van der Waals surface area contributed by atoms with Gasteiger partial charge in [-0.1, -0.05) is 23.7 Å². The van der Waals surface area contributed by atoms with Crippen molar-refractivity contribution in [2.45, 2.75) is 0 Å². The van der Waals surface area contributed by atoms with Crippen molar-refractivity contribution in [2.24, 2.45) is 7.05 Å². The third-order valence-electron chi connectivity index (χ3n) is 2.62. The fraction of sp³-hybridized carbons (Fsp3) is 0.0909. The first-order valence-electron chi connectivity index (χ1n) is 5.07. The minimum absolute atomic E-state index is 0.115. The maximum atomic E-state index is 12.0. The third-order valence-corrected chi connectivity index (χ3v) is 2.94. The highest BCUT2D eigenvalue weighted by Crippen LogP contribution is 2.21. The Labute approximate surface area is 107 Å². The van der Waals surface area contributed by atoms with Crippen LogP contribution < -0.4 is 22.7 Å². The van der Waals surface area contributed by atoms with Gasteiger partial charge in [-0.25, -0.2) is 9.36 Å². The number of anilines is 2. The minimum Gasteiger partial charge on any atom is -0.391 e. The molecule has 2 rings (SSSR count). The van der Waals surface area contributed by atoms with Gasteiger partial charge in [0.15, 0.2) is 0 Å². The monoisotopic (exact) mass is 266 g/mol. The van der Waals surface area contributed by atoms with Crippen molar-refractivity contribution < 1.29 is 0 Å². The van der Waals surface area contributed by atoms with Gasteiger partial charge in [0, 0.05) is 7.05 Å². The van der Waals surface area contributed by atoms with Crippen molar-refractivity contribution in [3.05, 3.63) is 50.1 Å². The van der Waals surface area contributed by atoms with Gasteiger partial charge in [0.2, 0.25) is 0 Å². The van der Waals surface area contributed by atoms with E-state index in [1.165, 1.54) is 7.05 Å². The molecule has 0 unspecified atom stereocenters. The molecule has 94 valence electrons. The number of nitrogens with two attached hydrogens (primary N) is 2. The smallest absolute Gasteiger partial charge is 0.337 e. The van der Waals surface area contributed by atoms with Gasteiger partial charge >= 0.3 is 5.69 Å². The normalized spacial score (nSPS) is 10.6. The van der Waals surface area contributed by atoms with E-state index in [9.17, 15) is 9.59 Å². The number of rotatable bonds is 1. The van der Waals surface area contributed by atoms with Crippen molar-refractivity contribution in [1.29, 1.82) is 0 Å². The second-order valence-corrected chi connectivity index (χ2v) is 4.14. The molecule has 0 aliphatic rings. The summed E-state index contributed by atoms with van der Waals surface area (Å²) in [5.74, 6) is -0.115. The summed E-state index contributed by atoms with van der Waals surface area (Å²) in [6.45, 7) is 0. The maximum absolute atomic E-state index is 12.0.